The van der Waals surface area contributed by atoms with Crippen molar-refractivity contribution < 1.29 is 21.6 Å². The molecule has 0 spiro atoms. The lowest BCUT2D eigenvalue weighted by molar-refractivity contribution is -0.143. The van der Waals surface area contributed by atoms with Gasteiger partial charge in [-0.1, -0.05) is 6.42 Å². The monoisotopic (exact) mass is 399 g/mol. The maximum Gasteiger partial charge on any atom is 0.401 e. The highest BCUT2D eigenvalue weighted by Gasteiger charge is 2.34. The van der Waals surface area contributed by atoms with E-state index >= 15 is 0 Å². The van der Waals surface area contributed by atoms with Crippen LogP contribution in [-0.4, -0.2) is 77.0 Å². The van der Waals surface area contributed by atoms with Crippen LogP contribution in [0, 0.1) is 5.92 Å². The minimum atomic E-state index is -4.20. The van der Waals surface area contributed by atoms with E-state index in [9.17, 15) is 21.6 Å². The average molecular weight is 399 g/mol. The van der Waals surface area contributed by atoms with Gasteiger partial charge in [-0.05, 0) is 25.2 Å². The summed E-state index contributed by atoms with van der Waals surface area (Å²) in [5.41, 5.74) is 0. The summed E-state index contributed by atoms with van der Waals surface area (Å²) in [5, 5.41) is 5.96. The van der Waals surface area contributed by atoms with Crippen molar-refractivity contribution in [2.24, 2.45) is 10.9 Å². The standard InChI is InChI=1S/C15H28F3N5O2S/c1-19-14(22-13-5-7-23(10-13)11-15(16,17)18)20-6-8-26(24,25)21-9-12-3-2-4-12/h12-13,21H,2-11H2,1H3,(H2,19,20,22). The number of alkyl halides is 3. The maximum atomic E-state index is 12.4. The summed E-state index contributed by atoms with van der Waals surface area (Å²) < 4.78 is 63.8. The van der Waals surface area contributed by atoms with Gasteiger partial charge in [0.2, 0.25) is 10.0 Å². The van der Waals surface area contributed by atoms with Crippen LogP contribution in [0.2, 0.25) is 0 Å². The molecule has 1 aliphatic carbocycles. The molecule has 7 nitrogen and oxygen atoms in total. The van der Waals surface area contributed by atoms with Gasteiger partial charge in [-0.15, -0.1) is 0 Å². The van der Waals surface area contributed by atoms with E-state index in [4.69, 9.17) is 0 Å². The highest BCUT2D eigenvalue weighted by Crippen LogP contribution is 2.25. The molecule has 1 unspecified atom stereocenters. The quantitative estimate of drug-likeness (QED) is 0.409. The normalized spacial score (nSPS) is 23.1. The molecule has 152 valence electrons. The van der Waals surface area contributed by atoms with Gasteiger partial charge in [0.25, 0.3) is 0 Å². The summed E-state index contributed by atoms with van der Waals surface area (Å²) >= 11 is 0. The van der Waals surface area contributed by atoms with Gasteiger partial charge < -0.3 is 10.6 Å². The van der Waals surface area contributed by atoms with Crippen molar-refractivity contribution in [3.8, 4) is 0 Å². The smallest absolute Gasteiger partial charge is 0.355 e. The van der Waals surface area contributed by atoms with E-state index in [1.807, 2.05) is 0 Å². The van der Waals surface area contributed by atoms with Crippen LogP contribution >= 0.6 is 0 Å². The second kappa shape index (κ2) is 9.23. The molecule has 2 rings (SSSR count). The van der Waals surface area contributed by atoms with Crippen LogP contribution in [0.15, 0.2) is 4.99 Å². The number of halogens is 3. The van der Waals surface area contributed by atoms with Crippen molar-refractivity contribution in [3.05, 3.63) is 0 Å². The molecule has 0 bridgehead atoms. The van der Waals surface area contributed by atoms with Crippen LogP contribution in [0.5, 0.6) is 0 Å². The van der Waals surface area contributed by atoms with Crippen molar-refractivity contribution in [3.63, 3.8) is 0 Å². The molecule has 3 N–H and O–H groups in total. The fourth-order valence-electron chi connectivity index (χ4n) is 3.05. The third kappa shape index (κ3) is 7.67. The number of sulfonamides is 1. The topological polar surface area (TPSA) is 85.8 Å². The van der Waals surface area contributed by atoms with Crippen molar-refractivity contribution in [2.45, 2.75) is 37.9 Å². The van der Waals surface area contributed by atoms with Crippen LogP contribution in [-0.2, 0) is 10.0 Å². The zero-order valence-electron chi connectivity index (χ0n) is 15.0. The fourth-order valence-corrected chi connectivity index (χ4v) is 4.06. The van der Waals surface area contributed by atoms with Crippen LogP contribution in [0.1, 0.15) is 25.7 Å². The van der Waals surface area contributed by atoms with E-state index in [0.29, 0.717) is 31.4 Å². The molecule has 11 heteroatoms. The van der Waals surface area contributed by atoms with Gasteiger partial charge in [-0.2, -0.15) is 13.2 Å². The lowest BCUT2D eigenvalue weighted by Crippen LogP contribution is -2.47. The van der Waals surface area contributed by atoms with Crippen molar-refractivity contribution >= 4 is 16.0 Å². The third-order valence-electron chi connectivity index (χ3n) is 4.72. The molecule has 2 aliphatic rings. The van der Waals surface area contributed by atoms with Gasteiger partial charge >= 0.3 is 6.18 Å². The highest BCUT2D eigenvalue weighted by atomic mass is 32.2. The summed E-state index contributed by atoms with van der Waals surface area (Å²) in [6.07, 6.45) is -0.306. The van der Waals surface area contributed by atoms with E-state index in [2.05, 4.69) is 20.3 Å². The summed E-state index contributed by atoms with van der Waals surface area (Å²) in [4.78, 5) is 5.35. The molecule has 0 radical (unpaired) electrons. The van der Waals surface area contributed by atoms with E-state index in [1.54, 1.807) is 7.05 Å². The lowest BCUT2D eigenvalue weighted by Gasteiger charge is -2.25. The SMILES string of the molecule is CN=C(NCCS(=O)(=O)NCC1CCC1)NC1CCN(CC(F)(F)F)C1. The third-order valence-corrected chi connectivity index (χ3v) is 6.07. The van der Waals surface area contributed by atoms with Gasteiger partial charge in [-0.25, -0.2) is 13.1 Å². The molecule has 1 atom stereocenters. The maximum absolute atomic E-state index is 12.4. The fraction of sp³-hybridized carbons (Fsp3) is 0.933. The molecule has 0 amide bonds. The second-order valence-electron chi connectivity index (χ2n) is 6.94. The molecule has 0 aromatic carbocycles. The Morgan fingerprint density at radius 2 is 2.00 bits per heavy atom. The minimum absolute atomic E-state index is 0.0781. The van der Waals surface area contributed by atoms with E-state index in [-0.39, 0.29) is 24.9 Å². The summed E-state index contributed by atoms with van der Waals surface area (Å²) in [6.45, 7) is 0.405. The molecular formula is C15H28F3N5O2S. The minimum Gasteiger partial charge on any atom is -0.355 e. The predicted octanol–water partition coefficient (Wildman–Crippen LogP) is 0.508. The predicted molar refractivity (Wildman–Crippen MR) is 94.5 cm³/mol. The number of nitrogens with one attached hydrogen (secondary N) is 3. The van der Waals surface area contributed by atoms with E-state index in [1.165, 1.54) is 4.90 Å². The molecule has 26 heavy (non-hydrogen) atoms. The van der Waals surface area contributed by atoms with Crippen molar-refractivity contribution in [1.82, 2.24) is 20.3 Å². The number of guanidine groups is 1. The Balaban J connectivity index is 1.66. The molecule has 0 aromatic heterocycles. The highest BCUT2D eigenvalue weighted by molar-refractivity contribution is 7.89. The molecule has 1 aliphatic heterocycles. The van der Waals surface area contributed by atoms with Gasteiger partial charge in [0, 0.05) is 39.3 Å². The number of hydrogen-bond donors (Lipinski definition) is 3. The first kappa shape index (κ1) is 21.2. The van der Waals surface area contributed by atoms with Crippen molar-refractivity contribution in [1.29, 1.82) is 0 Å². The van der Waals surface area contributed by atoms with E-state index < -0.39 is 22.7 Å². The summed E-state index contributed by atoms with van der Waals surface area (Å²) in [5.74, 6) is 0.776. The number of aliphatic imine (C=N–C) groups is 1. The Kier molecular flexibility index (Phi) is 7.53. The summed E-state index contributed by atoms with van der Waals surface area (Å²) in [7, 11) is -1.80. The zero-order chi connectivity index (χ0) is 19.2. The van der Waals surface area contributed by atoms with Gasteiger partial charge in [-0.3, -0.25) is 9.89 Å². The molecule has 1 saturated carbocycles. The zero-order valence-corrected chi connectivity index (χ0v) is 15.8. The molecule has 0 aromatic rings. The molecule has 1 heterocycles. The molecule has 1 saturated heterocycles. The Labute approximate surface area is 152 Å². The average Bonchev–Trinajstić information content (AvgIpc) is 2.89. The number of nitrogens with zero attached hydrogens (tertiary/aromatic N) is 2. The van der Waals surface area contributed by atoms with Crippen molar-refractivity contribution in [2.75, 3.05) is 45.5 Å². The lowest BCUT2D eigenvalue weighted by atomic mass is 9.86. The van der Waals surface area contributed by atoms with Gasteiger partial charge in [0.1, 0.15) is 0 Å². The molecule has 2 fully saturated rings. The Bertz CT molecular complexity index is 578. The van der Waals surface area contributed by atoms with E-state index in [0.717, 1.165) is 19.3 Å². The Hall–Kier alpha value is -1.07. The Morgan fingerprint density at radius 1 is 1.27 bits per heavy atom. The number of likely N-dealkylation sites (tertiary alicyclic amines) is 1. The van der Waals surface area contributed by atoms with Gasteiger partial charge in [0.15, 0.2) is 5.96 Å². The first-order valence-electron chi connectivity index (χ1n) is 8.90. The first-order chi connectivity index (χ1) is 12.2. The van der Waals surface area contributed by atoms with Crippen LogP contribution < -0.4 is 15.4 Å². The largest absolute Gasteiger partial charge is 0.401 e. The van der Waals surface area contributed by atoms with Crippen LogP contribution in [0.25, 0.3) is 0 Å². The van der Waals surface area contributed by atoms with Crippen LogP contribution in [0.3, 0.4) is 0 Å². The summed E-state index contributed by atoms with van der Waals surface area (Å²) in [6, 6.07) is -0.142. The van der Waals surface area contributed by atoms with Gasteiger partial charge in [0.05, 0.1) is 12.3 Å². The number of rotatable bonds is 8. The second-order valence-corrected chi connectivity index (χ2v) is 8.87. The first-order valence-corrected chi connectivity index (χ1v) is 10.6. The molecular weight excluding hydrogens is 371 g/mol. The van der Waals surface area contributed by atoms with Crippen LogP contribution in [0.4, 0.5) is 13.2 Å². The Morgan fingerprint density at radius 3 is 2.58 bits per heavy atom. The number of hydrogen-bond acceptors (Lipinski definition) is 4.